The van der Waals surface area contributed by atoms with E-state index in [2.05, 4.69) is 25.3 Å². The number of aromatic nitrogens is 5. The van der Waals surface area contributed by atoms with E-state index in [1.54, 1.807) is 6.20 Å². The van der Waals surface area contributed by atoms with Crippen molar-refractivity contribution >= 4 is 33.8 Å². The van der Waals surface area contributed by atoms with E-state index in [9.17, 15) is 23.4 Å². The molecule has 0 spiro atoms. The summed E-state index contributed by atoms with van der Waals surface area (Å²) in [5.41, 5.74) is 8.18. The number of nitrogens with one attached hydrogen (secondary N) is 1. The van der Waals surface area contributed by atoms with E-state index in [-0.39, 0.29) is 36.1 Å². The maximum atomic E-state index is 12.8. The van der Waals surface area contributed by atoms with Crippen molar-refractivity contribution in [2.24, 2.45) is 0 Å². The van der Waals surface area contributed by atoms with Crippen LogP contribution in [0.15, 0.2) is 67.1 Å². The molecule has 0 radical (unpaired) electrons. The molecule has 1 fully saturated rings. The second-order valence-corrected chi connectivity index (χ2v) is 9.88. The minimum absolute atomic E-state index is 0.0165. The van der Waals surface area contributed by atoms with E-state index in [0.717, 1.165) is 28.6 Å². The number of nitrogens with two attached hydrogens (primary N) is 1. The topological polar surface area (TPSA) is 153 Å². The number of aliphatic hydroxyl groups excluding tert-OH is 2. The van der Waals surface area contributed by atoms with Crippen molar-refractivity contribution in [2.45, 2.75) is 43.9 Å². The molecule has 1 aliphatic rings. The number of pyridine rings is 1. The lowest BCUT2D eigenvalue weighted by Crippen LogP contribution is -2.34. The highest BCUT2D eigenvalue weighted by Gasteiger charge is 2.45. The monoisotopic (exact) mass is 581 g/mol. The number of nitrogen functional groups attached to an aromatic ring is 1. The summed E-state index contributed by atoms with van der Waals surface area (Å²) in [7, 11) is 0. The van der Waals surface area contributed by atoms with E-state index in [0.29, 0.717) is 12.1 Å². The standard InChI is InChI=1S/C28H26F3N7O4/c29-28(30,31)18-6-3-15(4-7-18)12-41-13-20-22(39)23(40)26(42-20)38-25-21(24(32)35-14-36-25)37-27(38)34-11-16-5-8-19-17(10-16)2-1-9-33-19/h1-10,14,20,22-23,26,39-40H,11-13H2,(H,34,37)(H2,32,35,36)/t20-,22-,23-,26-/m1/s1. The first-order valence-corrected chi connectivity index (χ1v) is 13.0. The van der Waals surface area contributed by atoms with Gasteiger partial charge in [0.25, 0.3) is 0 Å². The fourth-order valence-corrected chi connectivity index (χ4v) is 4.87. The van der Waals surface area contributed by atoms with Gasteiger partial charge in [0.05, 0.1) is 24.3 Å². The van der Waals surface area contributed by atoms with Crippen LogP contribution in [-0.4, -0.2) is 59.6 Å². The average Bonchev–Trinajstić information content (AvgIpc) is 3.49. The van der Waals surface area contributed by atoms with Gasteiger partial charge in [0.1, 0.15) is 24.6 Å². The van der Waals surface area contributed by atoms with Crippen molar-refractivity contribution in [3.05, 3.63) is 83.8 Å². The zero-order valence-corrected chi connectivity index (χ0v) is 21.9. The van der Waals surface area contributed by atoms with Gasteiger partial charge in [0.2, 0.25) is 5.95 Å². The molecule has 0 aliphatic carbocycles. The third-order valence-corrected chi connectivity index (χ3v) is 7.05. The Morgan fingerprint density at radius 3 is 2.57 bits per heavy atom. The molecule has 11 nitrogen and oxygen atoms in total. The predicted molar refractivity (Wildman–Crippen MR) is 146 cm³/mol. The SMILES string of the molecule is Nc1ncnc2c1nc(NCc1ccc3ncccc3c1)n2[C@@H]1O[C@H](COCc2ccc(C(F)(F)F)cc2)[C@@H](O)[C@H]1O. The number of rotatable bonds is 8. The molecule has 0 unspecified atom stereocenters. The molecular formula is C28H26F3N7O4. The molecule has 218 valence electrons. The van der Waals surface area contributed by atoms with Crippen LogP contribution in [0.3, 0.4) is 0 Å². The number of imidazole rings is 1. The Labute approximate surface area is 236 Å². The van der Waals surface area contributed by atoms with E-state index in [4.69, 9.17) is 15.2 Å². The summed E-state index contributed by atoms with van der Waals surface area (Å²) < 4.78 is 51.6. The number of aliphatic hydroxyl groups is 2. The van der Waals surface area contributed by atoms with Crippen LogP contribution in [-0.2, 0) is 28.8 Å². The third-order valence-electron chi connectivity index (χ3n) is 7.05. The first kappa shape index (κ1) is 27.8. The molecule has 6 rings (SSSR count). The maximum Gasteiger partial charge on any atom is 0.416 e. The van der Waals surface area contributed by atoms with Gasteiger partial charge in [-0.3, -0.25) is 9.55 Å². The van der Waals surface area contributed by atoms with Crippen LogP contribution >= 0.6 is 0 Å². The number of hydrogen-bond donors (Lipinski definition) is 4. The predicted octanol–water partition coefficient (Wildman–Crippen LogP) is 3.42. The fourth-order valence-electron chi connectivity index (χ4n) is 4.87. The van der Waals surface area contributed by atoms with Gasteiger partial charge in [0.15, 0.2) is 23.2 Å². The van der Waals surface area contributed by atoms with Crippen molar-refractivity contribution in [3.8, 4) is 0 Å². The number of halogens is 3. The average molecular weight is 582 g/mol. The van der Waals surface area contributed by atoms with E-state index < -0.39 is 36.3 Å². The van der Waals surface area contributed by atoms with Crippen molar-refractivity contribution in [1.29, 1.82) is 0 Å². The number of hydrogen-bond acceptors (Lipinski definition) is 10. The van der Waals surface area contributed by atoms with Crippen LogP contribution in [0.1, 0.15) is 22.9 Å². The summed E-state index contributed by atoms with van der Waals surface area (Å²) in [5, 5.41) is 26.0. The van der Waals surface area contributed by atoms with E-state index >= 15 is 0 Å². The lowest BCUT2D eigenvalue weighted by atomic mass is 10.1. The normalized spacial score (nSPS) is 20.9. The second-order valence-electron chi connectivity index (χ2n) is 9.88. The molecule has 2 aromatic carbocycles. The van der Waals surface area contributed by atoms with Crippen molar-refractivity contribution < 1.29 is 32.9 Å². The van der Waals surface area contributed by atoms with E-state index in [1.807, 2.05) is 30.3 Å². The van der Waals surface area contributed by atoms with Crippen LogP contribution in [0.5, 0.6) is 0 Å². The summed E-state index contributed by atoms with van der Waals surface area (Å²) in [6.45, 7) is 0.206. The van der Waals surface area contributed by atoms with Crippen molar-refractivity contribution in [3.63, 3.8) is 0 Å². The molecule has 4 atom stereocenters. The highest BCUT2D eigenvalue weighted by Crippen LogP contribution is 2.36. The van der Waals surface area contributed by atoms with Crippen molar-refractivity contribution in [1.82, 2.24) is 24.5 Å². The first-order chi connectivity index (χ1) is 20.2. The van der Waals surface area contributed by atoms with Crippen molar-refractivity contribution in [2.75, 3.05) is 17.7 Å². The van der Waals surface area contributed by atoms with Gasteiger partial charge >= 0.3 is 6.18 Å². The van der Waals surface area contributed by atoms with Gasteiger partial charge in [-0.15, -0.1) is 0 Å². The van der Waals surface area contributed by atoms with Gasteiger partial charge in [0, 0.05) is 18.1 Å². The highest BCUT2D eigenvalue weighted by molar-refractivity contribution is 5.84. The molecule has 1 saturated heterocycles. The van der Waals surface area contributed by atoms with Crippen LogP contribution in [0.4, 0.5) is 24.9 Å². The molecule has 14 heteroatoms. The number of alkyl halides is 3. The summed E-state index contributed by atoms with van der Waals surface area (Å²) in [5.74, 6) is 0.411. The molecule has 3 aromatic heterocycles. The molecule has 4 heterocycles. The molecule has 0 saturated carbocycles. The summed E-state index contributed by atoms with van der Waals surface area (Å²) in [6.07, 6.45) is -6.22. The summed E-state index contributed by atoms with van der Waals surface area (Å²) >= 11 is 0. The van der Waals surface area contributed by atoms with Gasteiger partial charge in [-0.2, -0.15) is 13.2 Å². The van der Waals surface area contributed by atoms with Crippen LogP contribution < -0.4 is 11.1 Å². The molecule has 0 amide bonds. The lowest BCUT2D eigenvalue weighted by molar-refractivity contribution is -0.137. The molecule has 0 bridgehead atoms. The minimum Gasteiger partial charge on any atom is -0.387 e. The van der Waals surface area contributed by atoms with Gasteiger partial charge in [-0.25, -0.2) is 15.0 Å². The fraction of sp³-hybridized carbons (Fsp3) is 0.286. The molecule has 42 heavy (non-hydrogen) atoms. The Bertz CT molecular complexity index is 1710. The van der Waals surface area contributed by atoms with Gasteiger partial charge in [-0.1, -0.05) is 24.3 Å². The zero-order valence-electron chi connectivity index (χ0n) is 21.9. The minimum atomic E-state index is -4.43. The van der Waals surface area contributed by atoms with Crippen LogP contribution in [0.2, 0.25) is 0 Å². The number of benzene rings is 2. The van der Waals surface area contributed by atoms with Gasteiger partial charge in [-0.05, 0) is 41.5 Å². The smallest absolute Gasteiger partial charge is 0.387 e. The summed E-state index contributed by atoms with van der Waals surface area (Å²) in [6, 6.07) is 14.2. The lowest BCUT2D eigenvalue weighted by Gasteiger charge is -2.20. The Morgan fingerprint density at radius 2 is 1.79 bits per heavy atom. The zero-order chi connectivity index (χ0) is 29.4. The molecule has 5 aromatic rings. The van der Waals surface area contributed by atoms with Crippen LogP contribution in [0.25, 0.3) is 22.1 Å². The number of anilines is 2. The maximum absolute atomic E-state index is 12.8. The number of nitrogens with zero attached hydrogens (tertiary/aromatic N) is 5. The largest absolute Gasteiger partial charge is 0.416 e. The Morgan fingerprint density at radius 1 is 1.00 bits per heavy atom. The first-order valence-electron chi connectivity index (χ1n) is 13.0. The van der Waals surface area contributed by atoms with E-state index in [1.165, 1.54) is 23.0 Å². The molecule has 1 aliphatic heterocycles. The third kappa shape index (κ3) is 5.44. The molecular weight excluding hydrogens is 555 g/mol. The van der Waals surface area contributed by atoms with Gasteiger partial charge < -0.3 is 30.7 Å². The Hall–Kier alpha value is -4.37. The highest BCUT2D eigenvalue weighted by atomic mass is 19.4. The quantitative estimate of drug-likeness (QED) is 0.214. The molecule has 5 N–H and O–H groups in total. The van der Waals surface area contributed by atoms with Crippen LogP contribution in [0, 0.1) is 0 Å². The second kappa shape index (κ2) is 11.1. The Balaban J connectivity index is 1.19. The summed E-state index contributed by atoms with van der Waals surface area (Å²) in [4.78, 5) is 17.2. The number of fused-ring (bicyclic) bond motifs is 2. The Kier molecular flexibility index (Phi) is 7.36. The number of ether oxygens (including phenoxy) is 2.